The van der Waals surface area contributed by atoms with Gasteiger partial charge in [-0.25, -0.2) is 0 Å². The number of fused-ring (bicyclic) bond motifs is 1. The predicted octanol–water partition coefficient (Wildman–Crippen LogP) is 5.67. The third-order valence-corrected chi connectivity index (χ3v) is 4.92. The minimum atomic E-state index is 0.565. The molecule has 1 heterocycles. The highest BCUT2D eigenvalue weighted by Gasteiger charge is 2.06. The van der Waals surface area contributed by atoms with Crippen molar-refractivity contribution in [2.45, 2.75) is 13.8 Å². The monoisotopic (exact) mass is 444 g/mol. The fraction of sp³-hybridized carbons (Fsp3) is 0.304. The zero-order valence-electron chi connectivity index (χ0n) is 17.2. The number of halogens is 2. The summed E-state index contributed by atoms with van der Waals surface area (Å²) in [5, 5.41) is 5.41. The summed E-state index contributed by atoms with van der Waals surface area (Å²) in [4.78, 5) is 6.77. The molecular formula is C23H26Cl2N4O. The SMILES string of the molecule is CCOc1ccc2c(NN=Cc3ccc(N(CCCl)CCCl)cc3)cc(C)nc2c1. The zero-order valence-corrected chi connectivity index (χ0v) is 18.7. The molecular weight excluding hydrogens is 419 g/mol. The highest BCUT2D eigenvalue weighted by Crippen LogP contribution is 2.27. The van der Waals surface area contributed by atoms with Crippen molar-refractivity contribution in [1.82, 2.24) is 4.98 Å². The Bertz CT molecular complexity index is 986. The van der Waals surface area contributed by atoms with E-state index in [0.29, 0.717) is 18.4 Å². The summed E-state index contributed by atoms with van der Waals surface area (Å²) < 4.78 is 5.58. The number of hydrazone groups is 1. The van der Waals surface area contributed by atoms with Gasteiger partial charge in [0.15, 0.2) is 0 Å². The second-order valence-corrected chi connectivity index (χ2v) is 7.51. The Kier molecular flexibility index (Phi) is 8.17. The molecule has 0 fully saturated rings. The van der Waals surface area contributed by atoms with E-state index >= 15 is 0 Å². The Labute approximate surface area is 187 Å². The van der Waals surface area contributed by atoms with Crippen LogP contribution in [0.4, 0.5) is 11.4 Å². The van der Waals surface area contributed by atoms with Gasteiger partial charge in [0.05, 0.1) is 24.0 Å². The molecule has 30 heavy (non-hydrogen) atoms. The summed E-state index contributed by atoms with van der Waals surface area (Å²) in [5.41, 5.74) is 7.94. The van der Waals surface area contributed by atoms with Crippen molar-refractivity contribution in [3.05, 3.63) is 59.8 Å². The molecule has 0 saturated heterocycles. The Morgan fingerprint density at radius 2 is 1.80 bits per heavy atom. The van der Waals surface area contributed by atoms with Crippen LogP contribution in [0.15, 0.2) is 53.6 Å². The lowest BCUT2D eigenvalue weighted by molar-refractivity contribution is 0.340. The van der Waals surface area contributed by atoms with Crippen LogP contribution < -0.4 is 15.1 Å². The highest BCUT2D eigenvalue weighted by atomic mass is 35.5. The third kappa shape index (κ3) is 5.77. The fourth-order valence-electron chi connectivity index (χ4n) is 3.21. The number of hydrogen-bond donors (Lipinski definition) is 1. The number of rotatable bonds is 10. The molecule has 0 unspecified atom stereocenters. The largest absolute Gasteiger partial charge is 0.494 e. The Balaban J connectivity index is 1.74. The summed E-state index contributed by atoms with van der Waals surface area (Å²) in [5.74, 6) is 1.94. The van der Waals surface area contributed by atoms with E-state index in [2.05, 4.69) is 32.5 Å². The molecule has 1 N–H and O–H groups in total. The van der Waals surface area contributed by atoms with E-state index in [4.69, 9.17) is 27.9 Å². The van der Waals surface area contributed by atoms with Crippen LogP contribution >= 0.6 is 23.2 Å². The summed E-state index contributed by atoms with van der Waals surface area (Å²) in [6.07, 6.45) is 1.80. The van der Waals surface area contributed by atoms with Gasteiger partial charge in [0.25, 0.3) is 0 Å². The minimum absolute atomic E-state index is 0.565. The van der Waals surface area contributed by atoms with Gasteiger partial charge in [0.2, 0.25) is 0 Å². The normalized spacial score (nSPS) is 11.2. The van der Waals surface area contributed by atoms with E-state index in [1.165, 1.54) is 0 Å². The molecule has 7 heteroatoms. The number of nitrogens with one attached hydrogen (secondary N) is 1. The average molecular weight is 445 g/mol. The Morgan fingerprint density at radius 1 is 1.07 bits per heavy atom. The van der Waals surface area contributed by atoms with Gasteiger partial charge in [-0.3, -0.25) is 10.4 Å². The molecule has 0 amide bonds. The van der Waals surface area contributed by atoms with Crippen LogP contribution in [-0.2, 0) is 0 Å². The standard InChI is InChI=1S/C23H26Cl2N4O/c1-3-30-20-8-9-21-22(15-20)27-17(2)14-23(21)28-26-16-18-4-6-19(7-5-18)29(12-10-24)13-11-25/h4-9,14-16H,3,10-13H2,1-2H3,(H,27,28). The smallest absolute Gasteiger partial charge is 0.121 e. The quantitative estimate of drug-likeness (QED) is 0.248. The van der Waals surface area contributed by atoms with Gasteiger partial charge in [-0.15, -0.1) is 23.2 Å². The molecule has 0 aliphatic carbocycles. The topological polar surface area (TPSA) is 49.8 Å². The first-order valence-electron chi connectivity index (χ1n) is 9.94. The first-order chi connectivity index (χ1) is 14.6. The van der Waals surface area contributed by atoms with E-state index in [-0.39, 0.29) is 0 Å². The molecule has 3 aromatic rings. The molecule has 0 atom stereocenters. The Hall–Kier alpha value is -2.50. The molecule has 0 radical (unpaired) electrons. The zero-order chi connectivity index (χ0) is 21.3. The van der Waals surface area contributed by atoms with E-state index in [0.717, 1.165) is 52.4 Å². The van der Waals surface area contributed by atoms with Crippen molar-refractivity contribution in [2.75, 3.05) is 41.8 Å². The van der Waals surface area contributed by atoms with Crippen molar-refractivity contribution in [3.63, 3.8) is 0 Å². The van der Waals surface area contributed by atoms with Gasteiger partial charge in [-0.05, 0) is 49.7 Å². The van der Waals surface area contributed by atoms with E-state index < -0.39 is 0 Å². The molecule has 3 rings (SSSR count). The Morgan fingerprint density at radius 3 is 2.47 bits per heavy atom. The van der Waals surface area contributed by atoms with E-state index in [1.54, 1.807) is 6.21 Å². The summed E-state index contributed by atoms with van der Waals surface area (Å²) in [6.45, 7) is 6.09. The average Bonchev–Trinajstić information content (AvgIpc) is 2.74. The number of pyridine rings is 1. The lowest BCUT2D eigenvalue weighted by atomic mass is 10.1. The number of nitrogens with zero attached hydrogens (tertiary/aromatic N) is 3. The first kappa shape index (κ1) is 22.2. The third-order valence-electron chi connectivity index (χ3n) is 4.59. The van der Waals surface area contributed by atoms with Crippen molar-refractivity contribution >= 4 is 51.7 Å². The highest BCUT2D eigenvalue weighted by molar-refractivity contribution is 6.18. The minimum Gasteiger partial charge on any atom is -0.494 e. The maximum atomic E-state index is 5.89. The van der Waals surface area contributed by atoms with Gasteiger partial charge in [-0.1, -0.05) is 12.1 Å². The maximum Gasteiger partial charge on any atom is 0.121 e. The second-order valence-electron chi connectivity index (χ2n) is 6.75. The first-order valence-corrected chi connectivity index (χ1v) is 11.0. The lowest BCUT2D eigenvalue weighted by Gasteiger charge is -2.22. The number of ether oxygens (including phenoxy) is 1. The van der Waals surface area contributed by atoms with Gasteiger partial charge in [0.1, 0.15) is 5.75 Å². The maximum absolute atomic E-state index is 5.89. The lowest BCUT2D eigenvalue weighted by Crippen LogP contribution is -2.27. The molecule has 0 spiro atoms. The van der Waals surface area contributed by atoms with Gasteiger partial charge >= 0.3 is 0 Å². The van der Waals surface area contributed by atoms with Crippen molar-refractivity contribution < 1.29 is 4.74 Å². The van der Waals surface area contributed by atoms with E-state index in [1.807, 2.05) is 50.2 Å². The molecule has 0 aliphatic rings. The van der Waals surface area contributed by atoms with Gasteiger partial charge in [0, 0.05) is 47.7 Å². The fourth-order valence-corrected chi connectivity index (χ4v) is 3.62. The van der Waals surface area contributed by atoms with Crippen LogP contribution in [0.5, 0.6) is 5.75 Å². The van der Waals surface area contributed by atoms with Crippen LogP contribution in [0, 0.1) is 6.92 Å². The van der Waals surface area contributed by atoms with E-state index in [9.17, 15) is 0 Å². The summed E-state index contributed by atoms with van der Waals surface area (Å²) in [7, 11) is 0. The molecule has 5 nitrogen and oxygen atoms in total. The molecule has 0 bridgehead atoms. The van der Waals surface area contributed by atoms with Gasteiger partial charge < -0.3 is 9.64 Å². The molecule has 0 saturated carbocycles. The molecule has 158 valence electrons. The number of benzene rings is 2. The number of hydrogen-bond acceptors (Lipinski definition) is 5. The van der Waals surface area contributed by atoms with Crippen LogP contribution in [0.2, 0.25) is 0 Å². The van der Waals surface area contributed by atoms with Crippen LogP contribution in [0.1, 0.15) is 18.2 Å². The van der Waals surface area contributed by atoms with Crippen LogP contribution in [0.25, 0.3) is 10.9 Å². The molecule has 0 aliphatic heterocycles. The van der Waals surface area contributed by atoms with Crippen molar-refractivity contribution in [3.8, 4) is 5.75 Å². The number of alkyl halides is 2. The van der Waals surface area contributed by atoms with Crippen molar-refractivity contribution in [2.24, 2.45) is 5.10 Å². The number of aryl methyl sites for hydroxylation is 1. The molecule has 2 aromatic carbocycles. The second kappa shape index (κ2) is 11.0. The molecule has 1 aromatic heterocycles. The summed E-state index contributed by atoms with van der Waals surface area (Å²) >= 11 is 11.8. The van der Waals surface area contributed by atoms with Crippen LogP contribution in [-0.4, -0.2) is 42.7 Å². The number of aromatic nitrogens is 1. The van der Waals surface area contributed by atoms with Crippen LogP contribution in [0.3, 0.4) is 0 Å². The summed E-state index contributed by atoms with van der Waals surface area (Å²) in [6, 6.07) is 16.1. The predicted molar refractivity (Wildman–Crippen MR) is 129 cm³/mol. The van der Waals surface area contributed by atoms with Crippen molar-refractivity contribution in [1.29, 1.82) is 0 Å². The van der Waals surface area contributed by atoms with Gasteiger partial charge in [-0.2, -0.15) is 5.10 Å². The number of anilines is 2.